The minimum Gasteiger partial charge on any atom is -0.497 e. The quantitative estimate of drug-likeness (QED) is 0.0551. The minimum absolute atomic E-state index is 0.715. The second-order valence-electron chi connectivity index (χ2n) is 25.0. The highest BCUT2D eigenvalue weighted by Crippen LogP contribution is 2.19. The molecule has 0 unspecified atom stereocenters. The molecule has 0 aliphatic rings. The summed E-state index contributed by atoms with van der Waals surface area (Å²) in [7, 11) is -28.0. The van der Waals surface area contributed by atoms with Gasteiger partial charge in [0.05, 0.1) is 77.6 Å². The molecule has 0 amide bonds. The van der Waals surface area contributed by atoms with Crippen LogP contribution >= 0.6 is 35.3 Å². The van der Waals surface area contributed by atoms with Gasteiger partial charge in [0.2, 0.25) is 0 Å². The molecule has 0 atom stereocenters. The highest BCUT2D eigenvalue weighted by Gasteiger charge is 1.95. The van der Waals surface area contributed by atoms with E-state index >= 15 is 0 Å². The standard InChI is InChI=1S/3C8H10O.3C8H10S.3C8H10.9CH4O3S/c1-7-3-5-8(9-2)6-4-7;1-7-4-3-5-8(6-7)9-2;1-7-5-3-4-6-8(7)9-2;1-7-3-5-8(9-2)6-4-7;1-7-4-3-5-8(6-7)9-2;1-7-5-3-4-6-8(7)9-2;1-7-3-5-8(2)6-4-7;1-7-4-3-5-8(2)6-7;1-7-5-3-4-6-8(7)2;9*1-5(2,3)4/h6*3-6H,1-2H3;3*3-6H,1-2H3;9*1H3,(H,2,3,4). The first-order chi connectivity index (χ1) is 55.4. The van der Waals surface area contributed by atoms with Crippen LogP contribution in [0.15, 0.2) is 233 Å². The second-order valence-corrected chi connectivity index (χ2v) is 40.8. The predicted octanol–water partition coefficient (Wildman–Crippen LogP) is 16.6. The van der Waals surface area contributed by atoms with Crippen molar-refractivity contribution in [2.24, 2.45) is 0 Å². The number of aryl methyl sites for hydroxylation is 12. The van der Waals surface area contributed by atoms with E-state index in [4.69, 9.17) is 55.2 Å². The van der Waals surface area contributed by atoms with Crippen LogP contribution < -0.4 is 14.2 Å². The molecule has 9 aromatic rings. The zero-order chi connectivity index (χ0) is 98.6. The molecule has 0 spiro atoms. The van der Waals surface area contributed by atoms with E-state index in [0.717, 1.165) is 17.2 Å². The molecule has 0 saturated carbocycles. The molecule has 9 rings (SSSR count). The Morgan fingerprint density at radius 1 is 0.211 bits per heavy atom. The van der Waals surface area contributed by atoms with Crippen molar-refractivity contribution in [1.82, 2.24) is 0 Å². The van der Waals surface area contributed by atoms with Crippen LogP contribution in [0.25, 0.3) is 0 Å². The molecular weight excluding hydrogens is 1840 g/mol. The van der Waals surface area contributed by atoms with Gasteiger partial charge in [-0.05, 0) is 190 Å². The van der Waals surface area contributed by atoms with E-state index in [1.54, 1.807) is 56.6 Å². The first-order valence-corrected chi connectivity index (χ1v) is 54.7. The van der Waals surface area contributed by atoms with Gasteiger partial charge in [-0.15, -0.1) is 35.3 Å². The van der Waals surface area contributed by atoms with Crippen LogP contribution in [0.1, 0.15) is 66.8 Å². The average Bonchev–Trinajstić information content (AvgIpc) is 0.925. The number of hydrogen-bond donors (Lipinski definition) is 9. The molecule has 702 valence electrons. The molecule has 9 N–H and O–H groups in total. The van der Waals surface area contributed by atoms with Gasteiger partial charge in [0.25, 0.3) is 91.1 Å². The number of ether oxygens (including phenoxy) is 3. The fourth-order valence-corrected chi connectivity index (χ4v) is 8.04. The Bertz CT molecular complexity index is 4680. The van der Waals surface area contributed by atoms with Gasteiger partial charge < -0.3 is 14.2 Å². The molecule has 0 bridgehead atoms. The molecule has 0 aliphatic heterocycles. The molecule has 9 aromatic carbocycles. The number of benzene rings is 9. The lowest BCUT2D eigenvalue weighted by Gasteiger charge is -2.00. The van der Waals surface area contributed by atoms with Crippen molar-refractivity contribution in [2.45, 2.75) is 97.8 Å². The van der Waals surface area contributed by atoms with Crippen LogP contribution in [-0.4, -0.2) is 213 Å². The van der Waals surface area contributed by atoms with E-state index in [9.17, 15) is 75.8 Å². The Kier molecular flexibility index (Phi) is 79.0. The third-order valence-electron chi connectivity index (χ3n) is 11.4. The largest absolute Gasteiger partial charge is 0.497 e. The van der Waals surface area contributed by atoms with Crippen LogP contribution in [0.4, 0.5) is 0 Å². The van der Waals surface area contributed by atoms with Gasteiger partial charge in [-0.1, -0.05) is 197 Å². The van der Waals surface area contributed by atoms with Crippen LogP contribution in [0.2, 0.25) is 0 Å². The average molecular weight is 1960 g/mol. The SMILES string of the molecule is COc1ccc(C)cc1.COc1cccc(C)c1.COc1ccccc1C.CS(=O)(=O)O.CS(=O)(=O)O.CS(=O)(=O)O.CS(=O)(=O)O.CS(=O)(=O)O.CS(=O)(=O)O.CS(=O)(=O)O.CS(=O)(=O)O.CS(=O)(=O)O.CSc1ccc(C)cc1.CSc1cccc(C)c1.CSc1ccccc1C.Cc1ccc(C)cc1.Cc1cccc(C)c1.Cc1ccccc1C. The fourth-order valence-electron chi connectivity index (χ4n) is 6.51. The van der Waals surface area contributed by atoms with Gasteiger partial charge >= 0.3 is 0 Å². The summed E-state index contributed by atoms with van der Waals surface area (Å²) in [4.78, 5) is 4.05. The monoisotopic (exact) mass is 1960 g/mol. The third-order valence-corrected chi connectivity index (χ3v) is 13.8. The molecule has 30 nitrogen and oxygen atoms in total. The zero-order valence-corrected chi connectivity index (χ0v) is 84.1. The summed E-state index contributed by atoms with van der Waals surface area (Å²) in [5, 5.41) is 0. The maximum Gasteiger partial charge on any atom is 0.261 e. The maximum atomic E-state index is 9.19. The highest BCUT2D eigenvalue weighted by atomic mass is 32.3. The van der Waals surface area contributed by atoms with E-state index in [1.807, 2.05) is 86.6 Å². The van der Waals surface area contributed by atoms with E-state index in [1.165, 1.54) is 81.4 Å². The van der Waals surface area contributed by atoms with Crippen molar-refractivity contribution in [3.8, 4) is 17.2 Å². The van der Waals surface area contributed by atoms with Gasteiger partial charge in [0.1, 0.15) is 17.2 Å². The number of thioether (sulfide) groups is 3. The van der Waals surface area contributed by atoms with E-state index < -0.39 is 91.1 Å². The lowest BCUT2D eigenvalue weighted by atomic mass is 10.1. The summed E-state index contributed by atoms with van der Waals surface area (Å²) in [6, 6.07) is 74.6. The summed E-state index contributed by atoms with van der Waals surface area (Å²) in [6.45, 7) is 25.1. The Balaban J connectivity index is -0.000000161. The van der Waals surface area contributed by atoms with E-state index in [0.29, 0.717) is 56.3 Å². The Morgan fingerprint density at radius 2 is 0.447 bits per heavy atom. The first-order valence-electron chi connectivity index (χ1n) is 34.4. The summed E-state index contributed by atoms with van der Waals surface area (Å²) < 4.78 is 248. The van der Waals surface area contributed by atoms with E-state index in [2.05, 4.69) is 234 Å². The van der Waals surface area contributed by atoms with Crippen molar-refractivity contribution in [2.75, 3.05) is 96.4 Å². The highest BCUT2D eigenvalue weighted by molar-refractivity contribution is 7.99. The van der Waals surface area contributed by atoms with Crippen LogP contribution in [0.3, 0.4) is 0 Å². The summed E-state index contributed by atoms with van der Waals surface area (Å²) >= 11 is 5.36. The summed E-state index contributed by atoms with van der Waals surface area (Å²) in [6.07, 6.45) is 12.7. The fraction of sp³-hybridized carbons (Fsp3) is 0.333. The molecule has 0 radical (unpaired) electrons. The van der Waals surface area contributed by atoms with Gasteiger partial charge in [-0.2, -0.15) is 75.8 Å². The van der Waals surface area contributed by atoms with Gasteiger partial charge in [0.15, 0.2) is 0 Å². The predicted molar refractivity (Wildman–Crippen MR) is 507 cm³/mol. The van der Waals surface area contributed by atoms with Gasteiger partial charge in [-0.3, -0.25) is 41.0 Å². The number of hydrogen-bond acceptors (Lipinski definition) is 24. The maximum absolute atomic E-state index is 9.19. The van der Waals surface area contributed by atoms with Crippen molar-refractivity contribution in [3.63, 3.8) is 0 Å². The Labute approximate surface area is 747 Å². The second kappa shape index (κ2) is 72.7. The Morgan fingerprint density at radius 3 is 0.642 bits per heavy atom. The molecule has 123 heavy (non-hydrogen) atoms. The van der Waals surface area contributed by atoms with Gasteiger partial charge in [0, 0.05) is 14.7 Å². The first kappa shape index (κ1) is 134. The molecular formula is C81H126O30S12. The van der Waals surface area contributed by atoms with Crippen molar-refractivity contribution in [3.05, 3.63) is 285 Å². The molecule has 0 aliphatic carbocycles. The minimum atomic E-state index is -3.67. The lowest BCUT2D eigenvalue weighted by molar-refractivity contribution is 0.411. The number of para-hydroxylation sites is 1. The molecule has 0 saturated heterocycles. The molecule has 0 heterocycles. The van der Waals surface area contributed by atoms with E-state index in [-0.39, 0.29) is 0 Å². The van der Waals surface area contributed by atoms with Crippen LogP contribution in [0, 0.1) is 83.1 Å². The zero-order valence-electron chi connectivity index (χ0n) is 74.3. The molecule has 0 fully saturated rings. The summed E-state index contributed by atoms with van der Waals surface area (Å²) in [5.41, 5.74) is 15.8. The number of rotatable bonds is 6. The lowest BCUT2D eigenvalue weighted by Crippen LogP contribution is -1.88. The van der Waals surface area contributed by atoms with Gasteiger partial charge in [-0.25, -0.2) is 0 Å². The number of methoxy groups -OCH3 is 3. The third kappa shape index (κ3) is 153. The molecule has 42 heteroatoms. The molecule has 0 aromatic heterocycles. The Hall–Kier alpha value is -7.38. The summed E-state index contributed by atoms with van der Waals surface area (Å²) in [5.74, 6) is 2.80. The van der Waals surface area contributed by atoms with Crippen molar-refractivity contribution >= 4 is 126 Å². The van der Waals surface area contributed by atoms with Crippen molar-refractivity contribution < 1.29 is 131 Å². The topological polar surface area (TPSA) is 517 Å². The smallest absolute Gasteiger partial charge is 0.261 e. The van der Waals surface area contributed by atoms with Crippen molar-refractivity contribution in [1.29, 1.82) is 0 Å². The van der Waals surface area contributed by atoms with Crippen LogP contribution in [-0.2, 0) is 91.1 Å². The van der Waals surface area contributed by atoms with Crippen LogP contribution in [0.5, 0.6) is 17.2 Å². The normalized spacial score (nSPS) is 10.1.